The minimum Gasteiger partial charge on any atom is -0.497 e. The van der Waals surface area contributed by atoms with Crippen LogP contribution in [0, 0.1) is 5.82 Å². The summed E-state index contributed by atoms with van der Waals surface area (Å²) in [4.78, 5) is 16.4. The van der Waals surface area contributed by atoms with Gasteiger partial charge in [-0.15, -0.1) is 0 Å². The third kappa shape index (κ3) is 5.38. The lowest BCUT2D eigenvalue weighted by Crippen LogP contribution is -2.62. The van der Waals surface area contributed by atoms with E-state index in [1.54, 1.807) is 19.2 Å². The van der Waals surface area contributed by atoms with Crippen molar-refractivity contribution in [2.75, 3.05) is 7.11 Å². The third-order valence-corrected chi connectivity index (χ3v) is 6.40. The Balaban J connectivity index is 1.55. The second-order valence-corrected chi connectivity index (χ2v) is 10.5. The summed E-state index contributed by atoms with van der Waals surface area (Å²) in [5, 5.41) is 7.71. The van der Waals surface area contributed by atoms with Crippen molar-refractivity contribution < 1.29 is 13.9 Å². The predicted octanol–water partition coefficient (Wildman–Crippen LogP) is 5.34. The molecule has 0 radical (unpaired) electrons. The highest BCUT2D eigenvalue weighted by molar-refractivity contribution is 5.91. The molecule has 0 saturated carbocycles. The Morgan fingerprint density at radius 1 is 1.09 bits per heavy atom. The molecule has 1 aliphatic rings. The van der Waals surface area contributed by atoms with Crippen molar-refractivity contribution in [2.45, 2.75) is 70.5 Å². The number of aryl methyl sites for hydroxylation is 1. The summed E-state index contributed by atoms with van der Waals surface area (Å²) in [6.07, 6.45) is 2.64. The molecule has 0 bridgehead atoms. The van der Waals surface area contributed by atoms with Crippen LogP contribution in [-0.2, 0) is 11.2 Å². The number of halogens is 1. The molecule has 3 N–H and O–H groups in total. The fourth-order valence-electron chi connectivity index (χ4n) is 5.45. The fourth-order valence-corrected chi connectivity index (χ4v) is 5.45. The van der Waals surface area contributed by atoms with Crippen LogP contribution in [0.15, 0.2) is 42.5 Å². The summed E-state index contributed by atoms with van der Waals surface area (Å²) in [6, 6.07) is 12.6. The van der Waals surface area contributed by atoms with Gasteiger partial charge in [0.2, 0.25) is 5.91 Å². The summed E-state index contributed by atoms with van der Waals surface area (Å²) < 4.78 is 19.3. The van der Waals surface area contributed by atoms with Crippen LogP contribution in [0.25, 0.3) is 22.2 Å². The first kappa shape index (κ1) is 23.3. The van der Waals surface area contributed by atoms with Gasteiger partial charge in [0.05, 0.1) is 7.11 Å². The Kier molecular flexibility index (Phi) is 6.23. The molecule has 1 fully saturated rings. The molecule has 0 aliphatic carbocycles. The number of hydrogen-bond acceptors (Lipinski definition) is 3. The minimum absolute atomic E-state index is 0.0277. The zero-order valence-electron chi connectivity index (χ0n) is 20.1. The van der Waals surface area contributed by atoms with Crippen LogP contribution in [0.1, 0.15) is 52.5 Å². The molecular weight excluding hydrogens is 417 g/mol. The van der Waals surface area contributed by atoms with Gasteiger partial charge >= 0.3 is 0 Å². The van der Waals surface area contributed by atoms with Gasteiger partial charge in [0.25, 0.3) is 0 Å². The van der Waals surface area contributed by atoms with Crippen molar-refractivity contribution in [2.24, 2.45) is 0 Å². The summed E-state index contributed by atoms with van der Waals surface area (Å²) in [6.45, 7) is 8.70. The van der Waals surface area contributed by atoms with Crippen molar-refractivity contribution in [1.82, 2.24) is 15.6 Å². The molecule has 176 valence electrons. The number of benzene rings is 2. The fraction of sp³-hybridized carbons (Fsp3) is 0.444. The van der Waals surface area contributed by atoms with E-state index in [0.29, 0.717) is 12.8 Å². The zero-order valence-corrected chi connectivity index (χ0v) is 20.1. The summed E-state index contributed by atoms with van der Waals surface area (Å²) in [7, 11) is 1.63. The molecule has 2 aromatic carbocycles. The molecule has 1 saturated heterocycles. The van der Waals surface area contributed by atoms with Crippen LogP contribution in [0.5, 0.6) is 5.75 Å². The van der Waals surface area contributed by atoms with E-state index in [-0.39, 0.29) is 28.8 Å². The molecule has 0 atom stereocenters. The monoisotopic (exact) mass is 451 g/mol. The number of amides is 1. The van der Waals surface area contributed by atoms with Crippen LogP contribution < -0.4 is 15.4 Å². The Labute approximate surface area is 195 Å². The number of fused-ring (bicyclic) bond motifs is 1. The highest BCUT2D eigenvalue weighted by Gasteiger charge is 2.38. The Morgan fingerprint density at radius 2 is 1.76 bits per heavy atom. The van der Waals surface area contributed by atoms with Gasteiger partial charge < -0.3 is 20.4 Å². The van der Waals surface area contributed by atoms with Crippen molar-refractivity contribution in [3.63, 3.8) is 0 Å². The maximum absolute atomic E-state index is 14.1. The first-order valence-electron chi connectivity index (χ1n) is 11.6. The van der Waals surface area contributed by atoms with Crippen molar-refractivity contribution >= 4 is 16.8 Å². The highest BCUT2D eigenvalue weighted by Crippen LogP contribution is 2.33. The molecule has 4 rings (SSSR count). The van der Waals surface area contributed by atoms with Crippen LogP contribution >= 0.6 is 0 Å². The van der Waals surface area contributed by atoms with Gasteiger partial charge in [0.15, 0.2) is 0 Å². The van der Waals surface area contributed by atoms with E-state index in [0.717, 1.165) is 46.3 Å². The van der Waals surface area contributed by atoms with Gasteiger partial charge in [0, 0.05) is 40.1 Å². The van der Waals surface area contributed by atoms with Crippen molar-refractivity contribution in [3.05, 3.63) is 53.8 Å². The molecule has 2 heterocycles. The molecule has 6 heteroatoms. The van der Waals surface area contributed by atoms with Gasteiger partial charge in [-0.3, -0.25) is 4.79 Å². The molecule has 5 nitrogen and oxygen atoms in total. The number of hydrogen-bond donors (Lipinski definition) is 3. The number of ether oxygens (including phenoxy) is 1. The largest absolute Gasteiger partial charge is 0.497 e. The topological polar surface area (TPSA) is 66.2 Å². The van der Waals surface area contributed by atoms with E-state index in [1.165, 1.54) is 6.07 Å². The molecule has 3 aromatic rings. The zero-order chi connectivity index (χ0) is 23.8. The van der Waals surface area contributed by atoms with E-state index < -0.39 is 0 Å². The Hall–Kier alpha value is -2.86. The summed E-state index contributed by atoms with van der Waals surface area (Å²) in [5.74, 6) is 0.516. The molecule has 33 heavy (non-hydrogen) atoms. The number of nitrogens with one attached hydrogen (secondary N) is 3. The lowest BCUT2D eigenvalue weighted by molar-refractivity contribution is -0.122. The second-order valence-electron chi connectivity index (χ2n) is 10.5. The maximum atomic E-state index is 14.1. The molecule has 0 spiro atoms. The van der Waals surface area contributed by atoms with Gasteiger partial charge in [-0.1, -0.05) is 0 Å². The first-order valence-corrected chi connectivity index (χ1v) is 11.6. The van der Waals surface area contributed by atoms with Gasteiger partial charge in [-0.25, -0.2) is 4.39 Å². The second kappa shape index (κ2) is 8.82. The molecule has 1 amide bonds. The Morgan fingerprint density at radius 3 is 2.39 bits per heavy atom. The summed E-state index contributed by atoms with van der Waals surface area (Å²) >= 11 is 0. The lowest BCUT2D eigenvalue weighted by Gasteiger charge is -2.46. The average molecular weight is 452 g/mol. The Bertz CT molecular complexity index is 1130. The van der Waals surface area contributed by atoms with Gasteiger partial charge in [-0.2, -0.15) is 0 Å². The standard InChI is InChI=1S/C27H34FN3O2/c1-26(2)15-19(16-27(3,4)31-26)29-24(32)13-11-21-22-14-18(28)8-12-23(22)30-25(21)17-6-9-20(33-5)10-7-17/h6-10,12,14,19,30-31H,11,13,15-16H2,1-5H3,(H,29,32). The number of methoxy groups -OCH3 is 1. The van der Waals surface area contributed by atoms with Gasteiger partial charge in [-0.05, 0) is 101 Å². The smallest absolute Gasteiger partial charge is 0.220 e. The SMILES string of the molecule is COc1ccc(-c2[nH]c3ccc(F)cc3c2CCC(=O)NC2CC(C)(C)NC(C)(C)C2)cc1. The molecule has 1 aromatic heterocycles. The van der Waals surface area contributed by atoms with E-state index >= 15 is 0 Å². The molecular formula is C27H34FN3O2. The van der Waals surface area contributed by atoms with Crippen molar-refractivity contribution in [1.29, 1.82) is 0 Å². The van der Waals surface area contributed by atoms with Gasteiger partial charge in [0.1, 0.15) is 11.6 Å². The normalized spacial score (nSPS) is 17.8. The lowest BCUT2D eigenvalue weighted by atomic mass is 9.79. The number of rotatable bonds is 6. The number of carbonyl (C=O) groups is 1. The van der Waals surface area contributed by atoms with Crippen LogP contribution in [0.2, 0.25) is 0 Å². The first-order chi connectivity index (χ1) is 15.5. The van der Waals surface area contributed by atoms with E-state index in [9.17, 15) is 9.18 Å². The van der Waals surface area contributed by atoms with Crippen LogP contribution in [-0.4, -0.2) is 35.1 Å². The number of piperidine rings is 1. The van der Waals surface area contributed by atoms with E-state index in [1.807, 2.05) is 24.3 Å². The van der Waals surface area contributed by atoms with E-state index in [4.69, 9.17) is 4.74 Å². The van der Waals surface area contributed by atoms with Crippen LogP contribution in [0.4, 0.5) is 4.39 Å². The summed E-state index contributed by atoms with van der Waals surface area (Å²) in [5.41, 5.74) is 3.64. The van der Waals surface area contributed by atoms with Crippen LogP contribution in [0.3, 0.4) is 0 Å². The van der Waals surface area contributed by atoms with Crippen molar-refractivity contribution in [3.8, 4) is 17.0 Å². The highest BCUT2D eigenvalue weighted by atomic mass is 19.1. The average Bonchev–Trinajstić information content (AvgIpc) is 3.07. The molecule has 0 unspecified atom stereocenters. The number of aromatic nitrogens is 1. The number of carbonyl (C=O) groups excluding carboxylic acids is 1. The molecule has 1 aliphatic heterocycles. The predicted molar refractivity (Wildman–Crippen MR) is 131 cm³/mol. The maximum Gasteiger partial charge on any atom is 0.220 e. The minimum atomic E-state index is -0.285. The van der Waals surface area contributed by atoms with E-state index in [2.05, 4.69) is 43.3 Å². The third-order valence-electron chi connectivity index (χ3n) is 6.40. The number of H-pyrrole nitrogens is 1. The quantitative estimate of drug-likeness (QED) is 0.474. The number of aromatic amines is 1.